The van der Waals surface area contributed by atoms with Crippen LogP contribution in [0.15, 0.2) is 253 Å². The van der Waals surface area contributed by atoms with E-state index in [9.17, 15) is 0 Å². The van der Waals surface area contributed by atoms with E-state index in [1.807, 2.05) is 180 Å². The fourth-order valence-electron chi connectivity index (χ4n) is 8.07. The highest BCUT2D eigenvalue weighted by molar-refractivity contribution is 6.01. The van der Waals surface area contributed by atoms with Crippen molar-refractivity contribution in [1.29, 1.82) is 0 Å². The summed E-state index contributed by atoms with van der Waals surface area (Å²) < 4.78 is 0. The lowest BCUT2D eigenvalue weighted by atomic mass is 9.91. The van der Waals surface area contributed by atoms with Gasteiger partial charge in [-0.15, -0.1) is 10.1 Å². The summed E-state index contributed by atoms with van der Waals surface area (Å²) in [6.07, 6.45) is 0. The highest BCUT2D eigenvalue weighted by atomic mass is 16.7. The van der Waals surface area contributed by atoms with Crippen molar-refractivity contribution in [3.8, 4) is 0 Å². The van der Waals surface area contributed by atoms with Crippen molar-refractivity contribution in [1.82, 2.24) is 10.1 Å². The zero-order valence-electron chi connectivity index (χ0n) is 34.6. The van der Waals surface area contributed by atoms with Gasteiger partial charge in [-0.05, 0) is 48.5 Å². The topological polar surface area (TPSA) is 56.1 Å². The quantitative estimate of drug-likeness (QED) is 0.152. The van der Waals surface area contributed by atoms with E-state index in [-0.39, 0.29) is 0 Å². The summed E-state index contributed by atoms with van der Waals surface area (Å²) in [7, 11) is 3.87. The number of hydrogen-bond donors (Lipinski definition) is 0. The maximum Gasteiger partial charge on any atom is 0.319 e. The van der Waals surface area contributed by atoms with Gasteiger partial charge in [-0.3, -0.25) is 9.80 Å². The molecule has 8 nitrogen and oxygen atoms in total. The molecular weight excluding hydrogens is 765 g/mol. The van der Waals surface area contributed by atoms with Crippen molar-refractivity contribution in [2.45, 2.75) is 11.3 Å². The van der Waals surface area contributed by atoms with Crippen LogP contribution in [-0.4, -0.2) is 36.3 Å². The molecule has 62 heavy (non-hydrogen) atoms. The second kappa shape index (κ2) is 17.8. The minimum atomic E-state index is -0.792. The van der Waals surface area contributed by atoms with E-state index in [4.69, 9.17) is 19.7 Å². The maximum atomic E-state index is 6.37. The van der Waals surface area contributed by atoms with Crippen LogP contribution in [0.1, 0.15) is 22.3 Å². The Morgan fingerprint density at radius 2 is 0.500 bits per heavy atom. The van der Waals surface area contributed by atoms with Crippen LogP contribution in [0.4, 0.5) is 22.7 Å². The first kappa shape index (κ1) is 39.7. The number of rotatable bonds is 8. The van der Waals surface area contributed by atoms with Crippen LogP contribution in [0.3, 0.4) is 0 Å². The average Bonchev–Trinajstić information content (AvgIpc) is 3.88. The summed E-state index contributed by atoms with van der Waals surface area (Å²) in [6, 6.07) is 82.8. The van der Waals surface area contributed by atoms with Crippen LogP contribution in [-0.2, 0) is 21.0 Å². The van der Waals surface area contributed by atoms with E-state index in [2.05, 4.69) is 97.1 Å². The van der Waals surface area contributed by atoms with E-state index in [1.165, 1.54) is 0 Å². The predicted molar refractivity (Wildman–Crippen MR) is 250 cm³/mol. The summed E-state index contributed by atoms with van der Waals surface area (Å²) in [5.41, 5.74) is 6.52. The monoisotopic (exact) mass is 810 g/mol. The minimum Gasteiger partial charge on any atom is -0.364 e. The molecule has 2 aliphatic rings. The Morgan fingerprint density at radius 3 is 0.710 bits per heavy atom. The molecule has 0 spiro atoms. The van der Waals surface area contributed by atoms with Crippen molar-refractivity contribution >= 4 is 34.8 Å². The SMILES string of the molecule is CN1OC(N(c2ccccc2)c2ccccc2)=NC1(c1ccccc1)c1ccccc1.CN1OC(N(c2ccccc2)c2ccccc2)=NC1(c1ccccc1)c1ccccc1. The molecule has 0 aliphatic carbocycles. The molecule has 304 valence electrons. The molecule has 0 fully saturated rings. The van der Waals surface area contributed by atoms with E-state index in [0.717, 1.165) is 45.0 Å². The summed E-state index contributed by atoms with van der Waals surface area (Å²) >= 11 is 0. The molecule has 0 amide bonds. The molecule has 0 aromatic heterocycles. The van der Waals surface area contributed by atoms with E-state index in [1.54, 1.807) is 0 Å². The van der Waals surface area contributed by atoms with Gasteiger partial charge in [-0.25, -0.2) is 0 Å². The average molecular weight is 811 g/mol. The molecule has 8 aromatic rings. The number of para-hydroxylation sites is 4. The fraction of sp³-hybridized carbons (Fsp3) is 0.0741. The minimum absolute atomic E-state index is 0.521. The van der Waals surface area contributed by atoms with Crippen LogP contribution in [0.2, 0.25) is 0 Å². The Morgan fingerprint density at radius 1 is 0.306 bits per heavy atom. The highest BCUT2D eigenvalue weighted by Gasteiger charge is 2.48. The number of hydroxylamine groups is 4. The molecule has 0 saturated carbocycles. The van der Waals surface area contributed by atoms with Gasteiger partial charge < -0.3 is 9.68 Å². The molecule has 8 heteroatoms. The van der Waals surface area contributed by atoms with Gasteiger partial charge in [-0.1, -0.05) is 194 Å². The molecular formula is C54H46N6O2. The Bertz CT molecular complexity index is 2360. The van der Waals surface area contributed by atoms with Gasteiger partial charge in [0.25, 0.3) is 0 Å². The zero-order chi connectivity index (χ0) is 42.2. The van der Waals surface area contributed by atoms with Crippen LogP contribution in [0.5, 0.6) is 0 Å². The van der Waals surface area contributed by atoms with Crippen molar-refractivity contribution in [2.24, 2.45) is 9.98 Å². The number of hydrogen-bond acceptors (Lipinski definition) is 8. The molecule has 2 heterocycles. The number of nitrogens with zero attached hydrogens (tertiary/aromatic N) is 6. The van der Waals surface area contributed by atoms with Crippen molar-refractivity contribution in [3.63, 3.8) is 0 Å². The third kappa shape index (κ3) is 7.60. The highest BCUT2D eigenvalue weighted by Crippen LogP contribution is 2.44. The summed E-state index contributed by atoms with van der Waals surface area (Å²) in [4.78, 5) is 27.3. The third-order valence-corrected chi connectivity index (χ3v) is 11.0. The second-order valence-electron chi connectivity index (χ2n) is 14.8. The molecule has 0 radical (unpaired) electrons. The van der Waals surface area contributed by atoms with Crippen LogP contribution in [0.25, 0.3) is 0 Å². The van der Waals surface area contributed by atoms with Crippen molar-refractivity contribution in [2.75, 3.05) is 23.9 Å². The van der Waals surface area contributed by atoms with E-state index >= 15 is 0 Å². The van der Waals surface area contributed by atoms with Gasteiger partial charge in [0.05, 0.1) is 22.7 Å². The summed E-state index contributed by atoms with van der Waals surface area (Å²) in [5.74, 6) is 0. The number of benzene rings is 8. The Labute approximate surface area is 363 Å². The first-order valence-electron chi connectivity index (χ1n) is 20.6. The Kier molecular flexibility index (Phi) is 11.4. The first-order valence-corrected chi connectivity index (χ1v) is 20.6. The second-order valence-corrected chi connectivity index (χ2v) is 14.8. The third-order valence-electron chi connectivity index (χ3n) is 11.0. The van der Waals surface area contributed by atoms with Crippen LogP contribution in [0, 0.1) is 0 Å². The molecule has 10 rings (SSSR count). The van der Waals surface area contributed by atoms with Gasteiger partial charge in [0.15, 0.2) is 0 Å². The molecule has 0 unspecified atom stereocenters. The lowest BCUT2D eigenvalue weighted by Crippen LogP contribution is -2.39. The molecule has 0 saturated heterocycles. The summed E-state index contributed by atoms with van der Waals surface area (Å²) in [5, 5.41) is 3.68. The standard InChI is InChI=1S/2C27H23N3O/c2*1-29-27(22-14-6-2-7-15-22,23-16-8-3-9-17-23)28-26(31-29)30(24-18-10-4-11-19-24)25-20-12-5-13-21-25/h2*2-21H,1H3. The van der Waals surface area contributed by atoms with Crippen molar-refractivity contribution in [3.05, 3.63) is 265 Å². The number of anilines is 4. The molecule has 2 aliphatic heterocycles. The lowest BCUT2D eigenvalue weighted by Gasteiger charge is -2.31. The zero-order valence-corrected chi connectivity index (χ0v) is 34.6. The van der Waals surface area contributed by atoms with Crippen LogP contribution >= 0.6 is 0 Å². The van der Waals surface area contributed by atoms with E-state index < -0.39 is 11.3 Å². The first-order chi connectivity index (χ1) is 30.6. The van der Waals surface area contributed by atoms with Gasteiger partial charge in [0, 0.05) is 36.3 Å². The predicted octanol–water partition coefficient (Wildman–Crippen LogP) is 11.9. The fourth-order valence-corrected chi connectivity index (χ4v) is 8.07. The van der Waals surface area contributed by atoms with Gasteiger partial charge in [-0.2, -0.15) is 9.98 Å². The van der Waals surface area contributed by atoms with Crippen LogP contribution < -0.4 is 9.80 Å². The van der Waals surface area contributed by atoms with Gasteiger partial charge in [0.2, 0.25) is 11.3 Å². The molecule has 0 N–H and O–H groups in total. The Hall–Kier alpha value is -7.78. The normalized spacial score (nSPS) is 15.2. The largest absolute Gasteiger partial charge is 0.364 e. The summed E-state index contributed by atoms with van der Waals surface area (Å²) in [6.45, 7) is 0. The van der Waals surface area contributed by atoms with Gasteiger partial charge in [0.1, 0.15) is 0 Å². The molecule has 8 aromatic carbocycles. The molecule has 0 atom stereocenters. The maximum absolute atomic E-state index is 6.37. The number of amidine groups is 2. The lowest BCUT2D eigenvalue weighted by molar-refractivity contribution is -0.0939. The van der Waals surface area contributed by atoms with Gasteiger partial charge >= 0.3 is 12.0 Å². The molecule has 0 bridgehead atoms. The smallest absolute Gasteiger partial charge is 0.319 e. The van der Waals surface area contributed by atoms with E-state index in [0.29, 0.717) is 12.0 Å². The number of aliphatic imine (C=N–C) groups is 2. The van der Waals surface area contributed by atoms with Crippen molar-refractivity contribution < 1.29 is 9.68 Å². The Balaban J connectivity index is 0.000000158.